The van der Waals surface area contributed by atoms with Crippen LogP contribution in [0.15, 0.2) is 35.7 Å². The Balaban J connectivity index is 1.66. The van der Waals surface area contributed by atoms with Crippen molar-refractivity contribution < 1.29 is 9.53 Å². The highest BCUT2D eigenvalue weighted by atomic mass is 35.5. The highest BCUT2D eigenvalue weighted by Gasteiger charge is 2.23. The lowest BCUT2D eigenvalue weighted by Gasteiger charge is -2.23. The van der Waals surface area contributed by atoms with E-state index in [0.717, 1.165) is 17.7 Å². The number of benzene rings is 1. The standard InChI is InChI=1S/C19H23ClN2O2S/c1-3-16(18-5-4-8-25-18)21-19(23)12-22-10-13(2)24-17-7-6-15(20)9-14(17)11-22/h4-9,13,16H,3,10-12H2,1-2H3,(H,21,23)/t13-,16+/m0/s1. The van der Waals surface area contributed by atoms with Crippen LogP contribution in [-0.4, -0.2) is 30.0 Å². The van der Waals surface area contributed by atoms with Gasteiger partial charge >= 0.3 is 0 Å². The van der Waals surface area contributed by atoms with Gasteiger partial charge in [-0.3, -0.25) is 9.69 Å². The lowest BCUT2D eigenvalue weighted by molar-refractivity contribution is -0.123. The Kier molecular flexibility index (Phi) is 5.99. The molecule has 0 saturated heterocycles. The third-order valence-electron chi connectivity index (χ3n) is 4.26. The molecular weight excluding hydrogens is 356 g/mol. The zero-order valence-corrected chi connectivity index (χ0v) is 16.1. The number of carbonyl (C=O) groups is 1. The van der Waals surface area contributed by atoms with Crippen molar-refractivity contribution >= 4 is 28.8 Å². The van der Waals surface area contributed by atoms with Gasteiger partial charge in [0.15, 0.2) is 0 Å². The molecule has 4 nitrogen and oxygen atoms in total. The molecule has 6 heteroatoms. The van der Waals surface area contributed by atoms with Crippen molar-refractivity contribution in [1.82, 2.24) is 10.2 Å². The van der Waals surface area contributed by atoms with Crippen molar-refractivity contribution in [1.29, 1.82) is 0 Å². The van der Waals surface area contributed by atoms with E-state index in [1.165, 1.54) is 4.88 Å². The summed E-state index contributed by atoms with van der Waals surface area (Å²) in [6, 6.07) is 9.82. The normalized spacial score (nSPS) is 18.8. The van der Waals surface area contributed by atoms with Crippen LogP contribution in [0.4, 0.5) is 0 Å². The van der Waals surface area contributed by atoms with Crippen LogP contribution < -0.4 is 10.1 Å². The van der Waals surface area contributed by atoms with Gasteiger partial charge in [-0.15, -0.1) is 11.3 Å². The van der Waals surface area contributed by atoms with Gasteiger partial charge in [0.1, 0.15) is 11.9 Å². The molecule has 2 aromatic rings. The summed E-state index contributed by atoms with van der Waals surface area (Å²) in [5.74, 6) is 0.891. The second kappa shape index (κ2) is 8.21. The first-order valence-electron chi connectivity index (χ1n) is 8.55. The van der Waals surface area contributed by atoms with Gasteiger partial charge in [-0.05, 0) is 43.0 Å². The van der Waals surface area contributed by atoms with Crippen molar-refractivity contribution in [2.45, 2.75) is 39.0 Å². The summed E-state index contributed by atoms with van der Waals surface area (Å²) in [5.41, 5.74) is 1.02. The lowest BCUT2D eigenvalue weighted by Crippen LogP contribution is -2.40. The SMILES string of the molecule is CC[C@@H](NC(=O)CN1Cc2cc(Cl)ccc2O[C@@H](C)C1)c1cccs1. The van der Waals surface area contributed by atoms with Crippen molar-refractivity contribution in [3.05, 3.63) is 51.2 Å². The number of nitrogens with zero attached hydrogens (tertiary/aromatic N) is 1. The summed E-state index contributed by atoms with van der Waals surface area (Å²) in [6.45, 7) is 5.82. The van der Waals surface area contributed by atoms with Crippen LogP contribution in [-0.2, 0) is 11.3 Å². The fourth-order valence-electron chi connectivity index (χ4n) is 3.14. The third-order valence-corrected chi connectivity index (χ3v) is 5.48. The Bertz CT molecular complexity index is 720. The molecule has 1 aromatic heterocycles. The van der Waals surface area contributed by atoms with Crippen LogP contribution in [0.5, 0.6) is 5.75 Å². The Labute approximate surface area is 157 Å². The molecule has 0 saturated carbocycles. The monoisotopic (exact) mass is 378 g/mol. The molecule has 0 fully saturated rings. The van der Waals surface area contributed by atoms with E-state index in [9.17, 15) is 4.79 Å². The molecule has 1 aliphatic heterocycles. The maximum absolute atomic E-state index is 12.6. The molecule has 134 valence electrons. The fraction of sp³-hybridized carbons (Fsp3) is 0.421. The van der Waals surface area contributed by atoms with E-state index in [0.29, 0.717) is 24.7 Å². The van der Waals surface area contributed by atoms with Crippen LogP contribution in [0, 0.1) is 0 Å². The van der Waals surface area contributed by atoms with Crippen LogP contribution in [0.3, 0.4) is 0 Å². The van der Waals surface area contributed by atoms with Gasteiger partial charge in [0.2, 0.25) is 5.91 Å². The van der Waals surface area contributed by atoms with E-state index in [1.54, 1.807) is 11.3 Å². The van der Waals surface area contributed by atoms with E-state index >= 15 is 0 Å². The van der Waals surface area contributed by atoms with Gasteiger partial charge in [-0.25, -0.2) is 0 Å². The van der Waals surface area contributed by atoms with Crippen molar-refractivity contribution in [3.8, 4) is 5.75 Å². The summed E-state index contributed by atoms with van der Waals surface area (Å²) >= 11 is 7.79. The van der Waals surface area contributed by atoms with Gasteiger partial charge in [-0.1, -0.05) is 24.6 Å². The third kappa shape index (κ3) is 4.75. The second-order valence-electron chi connectivity index (χ2n) is 6.39. The first-order valence-corrected chi connectivity index (χ1v) is 9.81. The molecular formula is C19H23ClN2O2S. The van der Waals surface area contributed by atoms with Gasteiger partial charge in [-0.2, -0.15) is 0 Å². The predicted molar refractivity (Wildman–Crippen MR) is 102 cm³/mol. The van der Waals surface area contributed by atoms with Crippen LogP contribution in [0.1, 0.15) is 36.8 Å². The molecule has 0 spiro atoms. The fourth-order valence-corrected chi connectivity index (χ4v) is 4.19. The summed E-state index contributed by atoms with van der Waals surface area (Å²) in [7, 11) is 0. The molecule has 0 radical (unpaired) electrons. The number of fused-ring (bicyclic) bond motifs is 1. The Morgan fingerprint density at radius 1 is 1.48 bits per heavy atom. The topological polar surface area (TPSA) is 41.6 Å². The molecule has 3 rings (SSSR count). The van der Waals surface area contributed by atoms with Gasteiger partial charge in [0, 0.05) is 28.6 Å². The molecule has 0 unspecified atom stereocenters. The highest BCUT2D eigenvalue weighted by Crippen LogP contribution is 2.28. The van der Waals surface area contributed by atoms with Gasteiger partial charge in [0.05, 0.1) is 12.6 Å². The van der Waals surface area contributed by atoms with Gasteiger partial charge < -0.3 is 10.1 Å². The molecule has 0 bridgehead atoms. The highest BCUT2D eigenvalue weighted by molar-refractivity contribution is 7.10. The molecule has 2 heterocycles. The maximum Gasteiger partial charge on any atom is 0.234 e. The molecule has 1 aliphatic rings. The van der Waals surface area contributed by atoms with Crippen molar-refractivity contribution in [2.24, 2.45) is 0 Å². The minimum atomic E-state index is 0.0227. The molecule has 1 N–H and O–H groups in total. The van der Waals surface area contributed by atoms with Crippen LogP contribution >= 0.6 is 22.9 Å². The molecule has 1 amide bonds. The molecule has 0 aliphatic carbocycles. The minimum Gasteiger partial charge on any atom is -0.489 e. The van der Waals surface area contributed by atoms with Crippen LogP contribution in [0.2, 0.25) is 5.02 Å². The molecule has 1 aromatic carbocycles. The lowest BCUT2D eigenvalue weighted by atomic mass is 10.1. The number of rotatable bonds is 5. The van der Waals surface area contributed by atoms with Gasteiger partial charge in [0.25, 0.3) is 0 Å². The van der Waals surface area contributed by atoms with E-state index in [2.05, 4.69) is 23.2 Å². The number of hydrogen-bond donors (Lipinski definition) is 1. The average Bonchev–Trinajstić information content (AvgIpc) is 3.04. The average molecular weight is 379 g/mol. The zero-order chi connectivity index (χ0) is 17.8. The van der Waals surface area contributed by atoms with E-state index in [4.69, 9.17) is 16.3 Å². The second-order valence-corrected chi connectivity index (χ2v) is 7.81. The number of thiophene rings is 1. The van der Waals surface area contributed by atoms with Crippen molar-refractivity contribution in [3.63, 3.8) is 0 Å². The smallest absolute Gasteiger partial charge is 0.234 e. The summed E-state index contributed by atoms with van der Waals surface area (Å²) in [5, 5.41) is 5.88. The van der Waals surface area contributed by atoms with E-state index in [1.807, 2.05) is 36.6 Å². The first-order chi connectivity index (χ1) is 12.0. The summed E-state index contributed by atoms with van der Waals surface area (Å²) < 4.78 is 5.95. The number of nitrogens with one attached hydrogen (secondary N) is 1. The molecule has 25 heavy (non-hydrogen) atoms. The van der Waals surface area contributed by atoms with E-state index in [-0.39, 0.29) is 18.1 Å². The predicted octanol–water partition coefficient (Wildman–Crippen LogP) is 4.25. The van der Waals surface area contributed by atoms with Crippen molar-refractivity contribution in [2.75, 3.05) is 13.1 Å². The van der Waals surface area contributed by atoms with E-state index < -0.39 is 0 Å². The number of hydrogen-bond acceptors (Lipinski definition) is 4. The van der Waals surface area contributed by atoms with Crippen LogP contribution in [0.25, 0.3) is 0 Å². The Morgan fingerprint density at radius 2 is 2.32 bits per heavy atom. The number of carbonyl (C=O) groups excluding carboxylic acids is 1. The number of halogens is 1. The minimum absolute atomic E-state index is 0.0227. The zero-order valence-electron chi connectivity index (χ0n) is 14.5. The quantitative estimate of drug-likeness (QED) is 0.845. The Morgan fingerprint density at radius 3 is 3.04 bits per heavy atom. The maximum atomic E-state index is 12.6. The number of ether oxygens (including phenoxy) is 1. The Hall–Kier alpha value is -1.56. The largest absolute Gasteiger partial charge is 0.489 e. The molecule has 2 atom stereocenters. The number of amides is 1. The summed E-state index contributed by atoms with van der Waals surface area (Å²) in [4.78, 5) is 15.9. The first kappa shape index (κ1) is 18.2. The summed E-state index contributed by atoms with van der Waals surface area (Å²) in [6.07, 6.45) is 0.902.